The highest BCUT2D eigenvalue weighted by atomic mass is 16.5. The Kier molecular flexibility index (Phi) is 4.24. The predicted octanol–water partition coefficient (Wildman–Crippen LogP) is 1.92. The van der Waals surface area contributed by atoms with Crippen LogP contribution in [0.1, 0.15) is 12.5 Å². The number of benzene rings is 2. The minimum absolute atomic E-state index is 0.415. The summed E-state index contributed by atoms with van der Waals surface area (Å²) in [6, 6.07) is 12.3. The molecule has 1 saturated heterocycles. The molecule has 0 unspecified atom stereocenters. The number of primary amides is 1. The van der Waals surface area contributed by atoms with Gasteiger partial charge < -0.3 is 15.2 Å². The molecule has 0 aromatic heterocycles. The molecule has 1 aliphatic rings. The molecule has 0 saturated carbocycles. The van der Waals surface area contributed by atoms with E-state index in [0.717, 1.165) is 24.2 Å². The number of carbonyl (C=O) groups excluding carboxylic acids is 1. The lowest BCUT2D eigenvalue weighted by molar-refractivity contribution is -0.153. The molecule has 1 heterocycles. The number of carbonyl (C=O) groups is 1. The molecule has 122 valence electrons. The molecule has 1 fully saturated rings. The van der Waals surface area contributed by atoms with Gasteiger partial charge in [0.1, 0.15) is 5.75 Å². The Hall–Kier alpha value is -2.11. The fraction of sp³-hybridized carbons (Fsp3) is 0.389. The van der Waals surface area contributed by atoms with Crippen LogP contribution in [0.4, 0.5) is 0 Å². The molecule has 0 aliphatic carbocycles. The summed E-state index contributed by atoms with van der Waals surface area (Å²) in [5.74, 6) is 0.454. The first-order valence-corrected chi connectivity index (χ1v) is 7.74. The van der Waals surface area contributed by atoms with Crippen LogP contribution in [0.5, 0.6) is 5.75 Å². The molecule has 2 aromatic rings. The summed E-state index contributed by atoms with van der Waals surface area (Å²) in [4.78, 5) is 13.8. The van der Waals surface area contributed by atoms with Gasteiger partial charge in [0.25, 0.3) is 5.91 Å². The van der Waals surface area contributed by atoms with Crippen molar-refractivity contribution in [2.75, 3.05) is 26.8 Å². The number of morpholine rings is 1. The Morgan fingerprint density at radius 3 is 2.74 bits per heavy atom. The average Bonchev–Trinajstić information content (AvgIpc) is 2.55. The van der Waals surface area contributed by atoms with Crippen molar-refractivity contribution in [3.8, 4) is 5.75 Å². The second-order valence-electron chi connectivity index (χ2n) is 6.13. The smallest absolute Gasteiger partial charge is 0.250 e. The summed E-state index contributed by atoms with van der Waals surface area (Å²) in [5, 5.41) is 2.26. The summed E-state index contributed by atoms with van der Waals surface area (Å²) in [5.41, 5.74) is 5.77. The lowest BCUT2D eigenvalue weighted by Gasteiger charge is -2.38. The third kappa shape index (κ3) is 3.02. The van der Waals surface area contributed by atoms with Crippen LogP contribution in [-0.2, 0) is 16.1 Å². The Bertz CT molecular complexity index is 731. The Labute approximate surface area is 136 Å². The molecule has 23 heavy (non-hydrogen) atoms. The minimum atomic E-state index is -0.916. The Morgan fingerprint density at radius 2 is 2.04 bits per heavy atom. The van der Waals surface area contributed by atoms with Crippen LogP contribution >= 0.6 is 0 Å². The quantitative estimate of drug-likeness (QED) is 0.936. The van der Waals surface area contributed by atoms with Crippen LogP contribution in [0.15, 0.2) is 36.4 Å². The van der Waals surface area contributed by atoms with Crippen molar-refractivity contribution in [2.24, 2.45) is 5.73 Å². The number of hydrogen-bond acceptors (Lipinski definition) is 4. The lowest BCUT2D eigenvalue weighted by atomic mass is 10.0. The van der Waals surface area contributed by atoms with Gasteiger partial charge >= 0.3 is 0 Å². The van der Waals surface area contributed by atoms with Crippen molar-refractivity contribution >= 4 is 16.7 Å². The van der Waals surface area contributed by atoms with Crippen molar-refractivity contribution in [1.82, 2.24) is 4.90 Å². The maximum Gasteiger partial charge on any atom is 0.250 e. The van der Waals surface area contributed by atoms with Crippen LogP contribution in [0.25, 0.3) is 10.8 Å². The molecular weight excluding hydrogens is 292 g/mol. The number of nitrogens with two attached hydrogens (primary N) is 1. The van der Waals surface area contributed by atoms with E-state index in [0.29, 0.717) is 13.2 Å². The second-order valence-corrected chi connectivity index (χ2v) is 6.13. The molecule has 0 radical (unpaired) electrons. The third-order valence-corrected chi connectivity index (χ3v) is 4.46. The van der Waals surface area contributed by atoms with Gasteiger partial charge in [-0.1, -0.05) is 30.3 Å². The van der Waals surface area contributed by atoms with Gasteiger partial charge in [-0.15, -0.1) is 0 Å². The van der Waals surface area contributed by atoms with Crippen molar-refractivity contribution in [3.63, 3.8) is 0 Å². The highest BCUT2D eigenvalue weighted by molar-refractivity contribution is 5.91. The first-order valence-electron chi connectivity index (χ1n) is 7.74. The van der Waals surface area contributed by atoms with E-state index >= 15 is 0 Å². The molecule has 0 bridgehead atoms. The van der Waals surface area contributed by atoms with Gasteiger partial charge in [0.15, 0.2) is 5.60 Å². The van der Waals surface area contributed by atoms with E-state index in [1.165, 1.54) is 10.9 Å². The molecular formula is C18H22N2O3. The third-order valence-electron chi connectivity index (χ3n) is 4.46. The van der Waals surface area contributed by atoms with Crippen molar-refractivity contribution in [1.29, 1.82) is 0 Å². The predicted molar refractivity (Wildman–Crippen MR) is 89.3 cm³/mol. The largest absolute Gasteiger partial charge is 0.496 e. The standard InChI is InChI=1S/C18H22N2O3/c1-18(17(19)21)12-20(9-10-23-18)11-13-7-8-16(22-2)15-6-4-3-5-14(13)15/h3-8H,9-12H2,1-2H3,(H2,19,21)/t18-/m0/s1. The molecule has 0 spiro atoms. The zero-order valence-corrected chi connectivity index (χ0v) is 13.5. The highest BCUT2D eigenvalue weighted by Gasteiger charge is 2.37. The van der Waals surface area contributed by atoms with E-state index in [1.54, 1.807) is 14.0 Å². The minimum Gasteiger partial charge on any atom is -0.496 e. The Morgan fingerprint density at radius 1 is 1.30 bits per heavy atom. The summed E-state index contributed by atoms with van der Waals surface area (Å²) < 4.78 is 11.0. The Balaban J connectivity index is 1.89. The number of ether oxygens (including phenoxy) is 2. The van der Waals surface area contributed by atoms with Crippen LogP contribution in [0.3, 0.4) is 0 Å². The van der Waals surface area contributed by atoms with E-state index in [2.05, 4.69) is 23.1 Å². The number of fused-ring (bicyclic) bond motifs is 1. The number of methoxy groups -OCH3 is 1. The molecule has 1 aliphatic heterocycles. The zero-order valence-electron chi connectivity index (χ0n) is 13.5. The van der Waals surface area contributed by atoms with E-state index in [4.69, 9.17) is 15.2 Å². The summed E-state index contributed by atoms with van der Waals surface area (Å²) >= 11 is 0. The summed E-state index contributed by atoms with van der Waals surface area (Å²) in [6.45, 7) is 4.30. The van der Waals surface area contributed by atoms with Crippen LogP contribution in [0, 0.1) is 0 Å². The molecule has 1 atom stereocenters. The fourth-order valence-electron chi connectivity index (χ4n) is 3.13. The van der Waals surface area contributed by atoms with Gasteiger partial charge in [0, 0.05) is 25.0 Å². The van der Waals surface area contributed by atoms with E-state index in [-0.39, 0.29) is 0 Å². The molecule has 2 aromatic carbocycles. The topological polar surface area (TPSA) is 64.8 Å². The van der Waals surface area contributed by atoms with Crippen molar-refractivity contribution in [3.05, 3.63) is 42.0 Å². The zero-order chi connectivity index (χ0) is 16.4. The second kappa shape index (κ2) is 6.18. The summed E-state index contributed by atoms with van der Waals surface area (Å²) in [6.07, 6.45) is 0. The highest BCUT2D eigenvalue weighted by Crippen LogP contribution is 2.30. The van der Waals surface area contributed by atoms with Crippen molar-refractivity contribution < 1.29 is 14.3 Å². The molecule has 5 nitrogen and oxygen atoms in total. The number of amides is 1. The van der Waals surface area contributed by atoms with Gasteiger partial charge in [0.05, 0.1) is 13.7 Å². The number of nitrogens with zero attached hydrogens (tertiary/aromatic N) is 1. The number of hydrogen-bond donors (Lipinski definition) is 1. The number of rotatable bonds is 4. The summed E-state index contributed by atoms with van der Waals surface area (Å²) in [7, 11) is 1.68. The molecule has 2 N–H and O–H groups in total. The average molecular weight is 314 g/mol. The lowest BCUT2D eigenvalue weighted by Crippen LogP contribution is -2.56. The SMILES string of the molecule is COc1ccc(CN2CCO[C@](C)(C(N)=O)C2)c2ccccc12. The molecule has 3 rings (SSSR count). The monoisotopic (exact) mass is 314 g/mol. The first kappa shape index (κ1) is 15.8. The fourth-order valence-corrected chi connectivity index (χ4v) is 3.13. The molecule has 5 heteroatoms. The van der Waals surface area contributed by atoms with Gasteiger partial charge in [-0.25, -0.2) is 0 Å². The van der Waals surface area contributed by atoms with Crippen LogP contribution < -0.4 is 10.5 Å². The molecule has 1 amide bonds. The normalized spacial score (nSPS) is 22.2. The maximum atomic E-state index is 11.6. The first-order chi connectivity index (χ1) is 11.0. The van der Waals surface area contributed by atoms with Gasteiger partial charge in [-0.2, -0.15) is 0 Å². The maximum absolute atomic E-state index is 11.6. The van der Waals surface area contributed by atoms with Crippen LogP contribution in [0.2, 0.25) is 0 Å². The van der Waals surface area contributed by atoms with E-state index in [1.807, 2.05) is 18.2 Å². The van der Waals surface area contributed by atoms with Crippen molar-refractivity contribution in [2.45, 2.75) is 19.1 Å². The van der Waals surface area contributed by atoms with E-state index in [9.17, 15) is 4.79 Å². The van der Waals surface area contributed by atoms with Gasteiger partial charge in [-0.05, 0) is 23.9 Å². The van der Waals surface area contributed by atoms with Crippen LogP contribution in [-0.4, -0.2) is 43.2 Å². The van der Waals surface area contributed by atoms with E-state index < -0.39 is 11.5 Å². The van der Waals surface area contributed by atoms with Gasteiger partial charge in [0.2, 0.25) is 0 Å². The van der Waals surface area contributed by atoms with Gasteiger partial charge in [-0.3, -0.25) is 9.69 Å².